The highest BCUT2D eigenvalue weighted by Gasteiger charge is 2.25. The van der Waals surface area contributed by atoms with E-state index in [0.29, 0.717) is 30.1 Å². The summed E-state index contributed by atoms with van der Waals surface area (Å²) in [6, 6.07) is 14.1. The Morgan fingerprint density at radius 2 is 2.04 bits per heavy atom. The Hall–Kier alpha value is -3.35. The number of hydrogen-bond acceptors (Lipinski definition) is 4. The van der Waals surface area contributed by atoms with Gasteiger partial charge in [0.15, 0.2) is 5.76 Å². The molecule has 0 radical (unpaired) electrons. The topological polar surface area (TPSA) is 89.2 Å². The molecule has 2 aromatic heterocycles. The van der Waals surface area contributed by atoms with Gasteiger partial charge in [-0.1, -0.05) is 18.2 Å². The third-order valence-electron chi connectivity index (χ3n) is 4.56. The van der Waals surface area contributed by atoms with Gasteiger partial charge in [-0.05, 0) is 43.5 Å². The van der Waals surface area contributed by atoms with Crippen LogP contribution in [0.25, 0.3) is 17.1 Å². The quantitative estimate of drug-likeness (QED) is 0.744. The summed E-state index contributed by atoms with van der Waals surface area (Å²) in [6.07, 6.45) is 4.00. The van der Waals surface area contributed by atoms with E-state index in [2.05, 4.69) is 15.7 Å². The molecule has 138 valence electrons. The maximum Gasteiger partial charge on any atom is 0.270 e. The van der Waals surface area contributed by atoms with Crippen LogP contribution in [-0.2, 0) is 4.79 Å². The van der Waals surface area contributed by atoms with Crippen LogP contribution in [0.2, 0.25) is 0 Å². The highest BCUT2D eigenvalue weighted by atomic mass is 16.3. The monoisotopic (exact) mass is 364 g/mol. The molecule has 0 bridgehead atoms. The van der Waals surface area contributed by atoms with Crippen LogP contribution in [0, 0.1) is 0 Å². The molecule has 27 heavy (non-hydrogen) atoms. The lowest BCUT2D eigenvalue weighted by atomic mass is 10.1. The number of carbonyl (C=O) groups excluding carboxylic acids is 2. The minimum Gasteiger partial charge on any atom is -0.463 e. The van der Waals surface area contributed by atoms with Crippen molar-refractivity contribution in [3.63, 3.8) is 0 Å². The Kier molecular flexibility index (Phi) is 4.74. The van der Waals surface area contributed by atoms with E-state index in [1.165, 1.54) is 0 Å². The van der Waals surface area contributed by atoms with Crippen LogP contribution >= 0.6 is 0 Å². The predicted molar refractivity (Wildman–Crippen MR) is 99.4 cm³/mol. The Morgan fingerprint density at radius 1 is 1.19 bits per heavy atom. The Labute approximate surface area is 156 Å². The predicted octanol–water partition coefficient (Wildman–Crippen LogP) is 2.53. The molecule has 1 saturated heterocycles. The van der Waals surface area contributed by atoms with Crippen molar-refractivity contribution in [1.82, 2.24) is 20.4 Å². The number of benzene rings is 1. The molecule has 2 N–H and O–H groups in total. The lowest BCUT2D eigenvalue weighted by Gasteiger charge is -2.15. The number of amides is 2. The minimum absolute atomic E-state index is 0.141. The summed E-state index contributed by atoms with van der Waals surface area (Å²) in [5.41, 5.74) is 1.66. The summed E-state index contributed by atoms with van der Waals surface area (Å²) in [5.74, 6) is 0.0926. The normalized spacial score (nSPS) is 17.2. The SMILES string of the molecule is O=C(NC1CCCCNC1=O)c1cc(-c2ccco2)nn1-c1ccccc1. The van der Waals surface area contributed by atoms with Gasteiger partial charge in [-0.3, -0.25) is 9.59 Å². The van der Waals surface area contributed by atoms with Gasteiger partial charge in [0, 0.05) is 12.6 Å². The molecular formula is C20H20N4O3. The maximum atomic E-state index is 13.0. The van der Waals surface area contributed by atoms with E-state index in [4.69, 9.17) is 4.42 Å². The number of rotatable bonds is 4. The molecule has 1 fully saturated rings. The van der Waals surface area contributed by atoms with Gasteiger partial charge in [-0.25, -0.2) is 4.68 Å². The van der Waals surface area contributed by atoms with Crippen molar-refractivity contribution in [2.75, 3.05) is 6.54 Å². The van der Waals surface area contributed by atoms with E-state index < -0.39 is 6.04 Å². The average molecular weight is 364 g/mol. The second-order valence-electron chi connectivity index (χ2n) is 6.45. The molecule has 3 heterocycles. The third kappa shape index (κ3) is 3.62. The first-order valence-corrected chi connectivity index (χ1v) is 9.00. The Morgan fingerprint density at radius 3 is 2.81 bits per heavy atom. The van der Waals surface area contributed by atoms with Gasteiger partial charge in [0.2, 0.25) is 5.91 Å². The van der Waals surface area contributed by atoms with E-state index in [9.17, 15) is 9.59 Å². The van der Waals surface area contributed by atoms with Crippen LogP contribution < -0.4 is 10.6 Å². The Balaban J connectivity index is 1.68. The van der Waals surface area contributed by atoms with Crippen LogP contribution in [0.3, 0.4) is 0 Å². The van der Waals surface area contributed by atoms with Crippen molar-refractivity contribution in [1.29, 1.82) is 0 Å². The summed E-state index contributed by atoms with van der Waals surface area (Å²) in [6.45, 7) is 0.649. The molecular weight excluding hydrogens is 344 g/mol. The number of para-hydroxylation sites is 1. The van der Waals surface area contributed by atoms with Gasteiger partial charge in [-0.2, -0.15) is 5.10 Å². The largest absolute Gasteiger partial charge is 0.463 e. The number of nitrogens with zero attached hydrogens (tertiary/aromatic N) is 2. The summed E-state index contributed by atoms with van der Waals surface area (Å²) in [7, 11) is 0. The molecule has 0 aliphatic carbocycles. The molecule has 1 aromatic carbocycles. The fraction of sp³-hybridized carbons (Fsp3) is 0.250. The summed E-state index contributed by atoms with van der Waals surface area (Å²) < 4.78 is 6.99. The lowest BCUT2D eigenvalue weighted by molar-refractivity contribution is -0.122. The zero-order chi connectivity index (χ0) is 18.6. The molecule has 1 unspecified atom stereocenters. The summed E-state index contributed by atoms with van der Waals surface area (Å²) in [5, 5.41) is 10.2. The molecule has 4 rings (SSSR count). The molecule has 7 heteroatoms. The maximum absolute atomic E-state index is 13.0. The van der Waals surface area contributed by atoms with E-state index >= 15 is 0 Å². The zero-order valence-electron chi connectivity index (χ0n) is 14.7. The highest BCUT2D eigenvalue weighted by Crippen LogP contribution is 2.22. The lowest BCUT2D eigenvalue weighted by Crippen LogP contribution is -2.45. The number of hydrogen-bond donors (Lipinski definition) is 2. The third-order valence-corrected chi connectivity index (χ3v) is 4.56. The molecule has 1 atom stereocenters. The number of aromatic nitrogens is 2. The smallest absolute Gasteiger partial charge is 0.270 e. The Bertz CT molecular complexity index is 932. The highest BCUT2D eigenvalue weighted by molar-refractivity contribution is 5.97. The number of furan rings is 1. The van der Waals surface area contributed by atoms with Gasteiger partial charge in [0.1, 0.15) is 17.4 Å². The first-order chi connectivity index (χ1) is 13.2. The van der Waals surface area contributed by atoms with E-state index in [1.54, 1.807) is 29.1 Å². The van der Waals surface area contributed by atoms with Crippen molar-refractivity contribution in [3.8, 4) is 17.1 Å². The van der Waals surface area contributed by atoms with Crippen molar-refractivity contribution in [2.45, 2.75) is 25.3 Å². The summed E-state index contributed by atoms with van der Waals surface area (Å²) in [4.78, 5) is 25.1. The van der Waals surface area contributed by atoms with Crippen LogP contribution in [0.15, 0.2) is 59.2 Å². The minimum atomic E-state index is -0.536. The van der Waals surface area contributed by atoms with Crippen LogP contribution in [0.5, 0.6) is 0 Å². The second kappa shape index (κ2) is 7.49. The van der Waals surface area contributed by atoms with Crippen molar-refractivity contribution in [3.05, 3.63) is 60.5 Å². The standard InChI is InChI=1S/C20H20N4O3/c25-19-15(9-4-5-11-21-19)22-20(26)17-13-16(18-10-6-12-27-18)23-24(17)14-7-2-1-3-8-14/h1-3,6-8,10,12-13,15H,4-5,9,11H2,(H,21,25)(H,22,26). The van der Waals surface area contributed by atoms with Gasteiger partial charge < -0.3 is 15.1 Å². The second-order valence-corrected chi connectivity index (χ2v) is 6.45. The average Bonchev–Trinajstić information content (AvgIpc) is 3.33. The molecule has 7 nitrogen and oxygen atoms in total. The van der Waals surface area contributed by atoms with Crippen molar-refractivity contribution in [2.24, 2.45) is 0 Å². The number of carbonyl (C=O) groups is 2. The van der Waals surface area contributed by atoms with Gasteiger partial charge in [-0.15, -0.1) is 0 Å². The van der Waals surface area contributed by atoms with Crippen LogP contribution in [0.1, 0.15) is 29.8 Å². The fourth-order valence-electron chi connectivity index (χ4n) is 3.16. The molecule has 2 amide bonds. The van der Waals surface area contributed by atoms with Crippen LogP contribution in [0.4, 0.5) is 0 Å². The van der Waals surface area contributed by atoms with Crippen LogP contribution in [-0.4, -0.2) is 34.2 Å². The van der Waals surface area contributed by atoms with E-state index in [1.807, 2.05) is 30.3 Å². The van der Waals surface area contributed by atoms with Crippen molar-refractivity contribution >= 4 is 11.8 Å². The van der Waals surface area contributed by atoms with Gasteiger partial charge in [0.05, 0.1) is 12.0 Å². The molecule has 1 aliphatic rings. The number of nitrogens with one attached hydrogen (secondary N) is 2. The molecule has 1 aliphatic heterocycles. The first kappa shape index (κ1) is 17.1. The van der Waals surface area contributed by atoms with Gasteiger partial charge >= 0.3 is 0 Å². The van der Waals surface area contributed by atoms with Gasteiger partial charge in [0.25, 0.3) is 5.91 Å². The molecule has 0 spiro atoms. The van der Waals surface area contributed by atoms with E-state index in [0.717, 1.165) is 18.5 Å². The fourth-order valence-corrected chi connectivity index (χ4v) is 3.16. The first-order valence-electron chi connectivity index (χ1n) is 9.00. The zero-order valence-corrected chi connectivity index (χ0v) is 14.7. The van der Waals surface area contributed by atoms with Crippen molar-refractivity contribution < 1.29 is 14.0 Å². The van der Waals surface area contributed by atoms with E-state index in [-0.39, 0.29) is 11.8 Å². The summed E-state index contributed by atoms with van der Waals surface area (Å²) >= 11 is 0. The molecule has 3 aromatic rings. The molecule has 0 saturated carbocycles.